The summed E-state index contributed by atoms with van der Waals surface area (Å²) in [5.74, 6) is -2.05. The third-order valence-electron chi connectivity index (χ3n) is 3.51. The lowest BCUT2D eigenvalue weighted by Crippen LogP contribution is -2.47. The Morgan fingerprint density at radius 3 is 2.14 bits per heavy atom. The van der Waals surface area contributed by atoms with Gasteiger partial charge >= 0.3 is 11.9 Å². The Labute approximate surface area is 130 Å². The highest BCUT2D eigenvalue weighted by atomic mass is 16.4. The molecule has 0 saturated heterocycles. The van der Waals surface area contributed by atoms with Gasteiger partial charge in [0.05, 0.1) is 0 Å². The lowest BCUT2D eigenvalue weighted by Gasteiger charge is -2.20. The first-order valence-corrected chi connectivity index (χ1v) is 7.50. The largest absolute Gasteiger partial charge is 0.480 e. The van der Waals surface area contributed by atoms with Gasteiger partial charge in [0, 0.05) is 0 Å². The Hall–Kier alpha value is -1.92. The van der Waals surface area contributed by atoms with Crippen LogP contribution in [0.25, 0.3) is 0 Å². The summed E-state index contributed by atoms with van der Waals surface area (Å²) in [6.45, 7) is 0.503. The van der Waals surface area contributed by atoms with Crippen molar-refractivity contribution < 1.29 is 19.8 Å². The highest BCUT2D eigenvalue weighted by molar-refractivity contribution is 5.77. The summed E-state index contributed by atoms with van der Waals surface area (Å²) in [4.78, 5) is 22.6. The summed E-state index contributed by atoms with van der Waals surface area (Å²) in [5, 5.41) is 21.2. The Bertz CT molecular complexity index is 464. The molecule has 2 atom stereocenters. The van der Waals surface area contributed by atoms with Crippen molar-refractivity contribution in [2.24, 2.45) is 5.73 Å². The zero-order valence-corrected chi connectivity index (χ0v) is 12.6. The summed E-state index contributed by atoms with van der Waals surface area (Å²) in [6.07, 6.45) is 2.69. The number of carboxylic acids is 2. The van der Waals surface area contributed by atoms with Gasteiger partial charge in [0.1, 0.15) is 12.1 Å². The van der Waals surface area contributed by atoms with Gasteiger partial charge in [-0.1, -0.05) is 36.8 Å². The van der Waals surface area contributed by atoms with Gasteiger partial charge in [-0.15, -0.1) is 0 Å². The number of hydrogen-bond acceptors (Lipinski definition) is 4. The van der Waals surface area contributed by atoms with Crippen molar-refractivity contribution in [2.75, 3.05) is 6.54 Å². The topological polar surface area (TPSA) is 113 Å². The maximum atomic E-state index is 11.3. The molecule has 0 spiro atoms. The first-order chi connectivity index (χ1) is 10.5. The molecule has 0 radical (unpaired) electrons. The van der Waals surface area contributed by atoms with E-state index in [1.54, 1.807) is 0 Å². The lowest BCUT2D eigenvalue weighted by molar-refractivity contribution is -0.142. The molecule has 0 aliphatic carbocycles. The van der Waals surface area contributed by atoms with Crippen LogP contribution in [-0.4, -0.2) is 40.8 Å². The maximum Gasteiger partial charge on any atom is 0.320 e. The van der Waals surface area contributed by atoms with Crippen molar-refractivity contribution in [1.29, 1.82) is 0 Å². The molecule has 1 aromatic carbocycles. The number of benzene rings is 1. The number of aliphatic carboxylic acids is 2. The number of carboxylic acid groups (broad SMARTS) is 2. The average molecular weight is 308 g/mol. The highest BCUT2D eigenvalue weighted by Gasteiger charge is 2.25. The van der Waals surface area contributed by atoms with Crippen LogP contribution in [0.4, 0.5) is 0 Å². The zero-order valence-electron chi connectivity index (χ0n) is 12.6. The van der Waals surface area contributed by atoms with Crippen molar-refractivity contribution in [3.8, 4) is 0 Å². The van der Waals surface area contributed by atoms with E-state index in [9.17, 15) is 19.8 Å². The molecule has 22 heavy (non-hydrogen) atoms. The Kier molecular flexibility index (Phi) is 8.17. The molecule has 1 unspecified atom stereocenters. The highest BCUT2D eigenvalue weighted by Crippen LogP contribution is 2.08. The lowest BCUT2D eigenvalue weighted by atomic mass is 10.0. The number of nitrogens with one attached hydrogen (secondary N) is 1. The van der Waals surface area contributed by atoms with E-state index in [0.717, 1.165) is 12.0 Å². The quantitative estimate of drug-likeness (QED) is 0.458. The van der Waals surface area contributed by atoms with Crippen LogP contribution < -0.4 is 11.1 Å². The summed E-state index contributed by atoms with van der Waals surface area (Å²) in [5.41, 5.74) is 6.42. The number of carbonyl (C=O) groups is 2. The molecule has 0 aromatic heterocycles. The van der Waals surface area contributed by atoms with Gasteiger partial charge in [0.15, 0.2) is 0 Å². The fourth-order valence-electron chi connectivity index (χ4n) is 2.25. The van der Waals surface area contributed by atoms with Gasteiger partial charge in [-0.05, 0) is 37.8 Å². The molecule has 0 heterocycles. The Morgan fingerprint density at radius 2 is 1.59 bits per heavy atom. The first-order valence-electron chi connectivity index (χ1n) is 7.50. The van der Waals surface area contributed by atoms with Gasteiger partial charge in [0.2, 0.25) is 0 Å². The molecule has 0 amide bonds. The van der Waals surface area contributed by atoms with Crippen LogP contribution in [0.2, 0.25) is 0 Å². The second-order valence-corrected chi connectivity index (χ2v) is 5.26. The Balaban J connectivity index is 2.57. The Morgan fingerprint density at radius 1 is 1.00 bits per heavy atom. The van der Waals surface area contributed by atoms with E-state index in [2.05, 4.69) is 5.32 Å². The van der Waals surface area contributed by atoms with Crippen molar-refractivity contribution in [2.45, 2.75) is 44.2 Å². The van der Waals surface area contributed by atoms with Gasteiger partial charge in [-0.3, -0.25) is 14.9 Å². The minimum Gasteiger partial charge on any atom is -0.480 e. The van der Waals surface area contributed by atoms with Crippen LogP contribution in [0.5, 0.6) is 0 Å². The summed E-state index contributed by atoms with van der Waals surface area (Å²) < 4.78 is 0. The molecule has 0 saturated carbocycles. The third-order valence-corrected chi connectivity index (χ3v) is 3.51. The van der Waals surface area contributed by atoms with Crippen molar-refractivity contribution >= 4 is 11.9 Å². The van der Waals surface area contributed by atoms with Crippen LogP contribution in [0, 0.1) is 0 Å². The molecular formula is C16H24N2O4. The molecule has 0 fully saturated rings. The first kappa shape index (κ1) is 18.1. The van der Waals surface area contributed by atoms with Gasteiger partial charge in [-0.2, -0.15) is 0 Å². The van der Waals surface area contributed by atoms with Crippen LogP contribution in [0.3, 0.4) is 0 Å². The monoisotopic (exact) mass is 308 g/mol. The maximum absolute atomic E-state index is 11.3. The van der Waals surface area contributed by atoms with Crippen LogP contribution in [0.1, 0.15) is 31.2 Å². The number of unbranched alkanes of at least 4 members (excludes halogenated alkanes) is 1. The second kappa shape index (κ2) is 9.92. The van der Waals surface area contributed by atoms with Gasteiger partial charge in [0.25, 0.3) is 0 Å². The van der Waals surface area contributed by atoms with E-state index >= 15 is 0 Å². The van der Waals surface area contributed by atoms with E-state index < -0.39 is 24.0 Å². The van der Waals surface area contributed by atoms with Crippen molar-refractivity contribution in [3.05, 3.63) is 35.9 Å². The minimum absolute atomic E-state index is 0.347. The van der Waals surface area contributed by atoms with Crippen LogP contribution >= 0.6 is 0 Å². The zero-order chi connectivity index (χ0) is 16.4. The van der Waals surface area contributed by atoms with Gasteiger partial charge in [-0.25, -0.2) is 0 Å². The fourth-order valence-corrected chi connectivity index (χ4v) is 2.25. The molecule has 122 valence electrons. The predicted molar refractivity (Wildman–Crippen MR) is 83.7 cm³/mol. The van der Waals surface area contributed by atoms with E-state index in [1.165, 1.54) is 0 Å². The van der Waals surface area contributed by atoms with E-state index in [-0.39, 0.29) is 0 Å². The molecular weight excluding hydrogens is 284 g/mol. The molecule has 6 nitrogen and oxygen atoms in total. The molecule has 1 aromatic rings. The molecule has 0 aliphatic heterocycles. The SMILES string of the molecule is NCCCC[C@H](NC(CCc1ccccc1)C(=O)O)C(=O)O. The smallest absolute Gasteiger partial charge is 0.320 e. The summed E-state index contributed by atoms with van der Waals surface area (Å²) in [6, 6.07) is 7.80. The number of rotatable bonds is 11. The van der Waals surface area contributed by atoms with Crippen molar-refractivity contribution in [3.63, 3.8) is 0 Å². The normalized spacial score (nSPS) is 13.5. The molecule has 5 N–H and O–H groups in total. The average Bonchev–Trinajstić information content (AvgIpc) is 2.50. The molecule has 0 bridgehead atoms. The van der Waals surface area contributed by atoms with Crippen molar-refractivity contribution in [1.82, 2.24) is 5.32 Å². The minimum atomic E-state index is -1.03. The van der Waals surface area contributed by atoms with E-state index in [4.69, 9.17) is 5.73 Å². The number of nitrogens with two attached hydrogens (primary N) is 1. The van der Waals surface area contributed by atoms with E-state index in [0.29, 0.717) is 32.2 Å². The fraction of sp³-hybridized carbons (Fsp3) is 0.500. The predicted octanol–water partition coefficient (Wildman–Crippen LogP) is 1.24. The summed E-state index contributed by atoms with van der Waals surface area (Å²) >= 11 is 0. The number of aryl methyl sites for hydroxylation is 1. The standard InChI is InChI=1S/C16H24N2O4/c17-11-5-4-8-13(15(19)20)18-14(16(21)22)10-9-12-6-2-1-3-7-12/h1-3,6-7,13-14,18H,4-5,8-11,17H2,(H,19,20)(H,21,22)/t13-,14?/m0/s1. The number of hydrogen-bond donors (Lipinski definition) is 4. The van der Waals surface area contributed by atoms with E-state index in [1.807, 2.05) is 30.3 Å². The second-order valence-electron chi connectivity index (χ2n) is 5.26. The third kappa shape index (κ3) is 6.69. The molecule has 1 rings (SSSR count). The van der Waals surface area contributed by atoms with Gasteiger partial charge < -0.3 is 15.9 Å². The molecule has 6 heteroatoms. The summed E-state index contributed by atoms with van der Waals surface area (Å²) in [7, 11) is 0. The molecule has 0 aliphatic rings. The van der Waals surface area contributed by atoms with Crippen LogP contribution in [0.15, 0.2) is 30.3 Å². The van der Waals surface area contributed by atoms with Crippen LogP contribution in [-0.2, 0) is 16.0 Å².